The summed E-state index contributed by atoms with van der Waals surface area (Å²) in [5.74, 6) is 0.236. The Balaban J connectivity index is 1.60. The van der Waals surface area contributed by atoms with Crippen molar-refractivity contribution in [2.24, 2.45) is 0 Å². The zero-order valence-electron chi connectivity index (χ0n) is 16.0. The van der Waals surface area contributed by atoms with Crippen LogP contribution in [0.4, 0.5) is 4.79 Å². The lowest BCUT2D eigenvalue weighted by Crippen LogP contribution is -2.30. The summed E-state index contributed by atoms with van der Waals surface area (Å²) in [5.41, 5.74) is 1.35. The number of hydrogen-bond donors (Lipinski definition) is 2. The molecule has 0 aliphatic rings. The highest BCUT2D eigenvalue weighted by Crippen LogP contribution is 2.20. The molecule has 0 aromatic heterocycles. The predicted octanol–water partition coefficient (Wildman–Crippen LogP) is 3.41. The summed E-state index contributed by atoms with van der Waals surface area (Å²) in [5, 5.41) is 9.65. The zero-order chi connectivity index (χ0) is 21.4. The quantitative estimate of drug-likeness (QED) is 0.422. The monoisotopic (exact) mass is 427 g/mol. The third-order valence-electron chi connectivity index (χ3n) is 4.22. The molecule has 0 saturated heterocycles. The molecule has 3 aromatic carbocycles. The first kappa shape index (κ1) is 21.5. The molecule has 1 unspecified atom stereocenters. The van der Waals surface area contributed by atoms with Gasteiger partial charge in [-0.3, -0.25) is 0 Å². The third kappa shape index (κ3) is 5.90. The molecule has 0 radical (unpaired) electrons. The second-order valence-corrected chi connectivity index (χ2v) is 8.08. The standard InChI is InChI=1S/C22H21NO6S/c24-15-21(23-30(26,27)20-9-5-2-6-10-20)18-11-13-19(14-12-18)29-22(25)28-16-17-7-3-1-4-8-17/h1-14,21,23-24H,15-16H2. The van der Waals surface area contributed by atoms with Gasteiger partial charge in [-0.1, -0.05) is 60.7 Å². The minimum atomic E-state index is -3.80. The Hall–Kier alpha value is -3.20. The van der Waals surface area contributed by atoms with Crippen LogP contribution in [0.15, 0.2) is 89.8 Å². The van der Waals surface area contributed by atoms with Crippen LogP contribution in [0.3, 0.4) is 0 Å². The highest BCUT2D eigenvalue weighted by molar-refractivity contribution is 7.89. The van der Waals surface area contributed by atoms with Gasteiger partial charge >= 0.3 is 6.16 Å². The fourth-order valence-corrected chi connectivity index (χ4v) is 3.91. The summed E-state index contributed by atoms with van der Waals surface area (Å²) in [6.07, 6.45) is -0.852. The van der Waals surface area contributed by atoms with Crippen LogP contribution >= 0.6 is 0 Å². The first-order valence-electron chi connectivity index (χ1n) is 9.14. The molecule has 0 amide bonds. The third-order valence-corrected chi connectivity index (χ3v) is 5.70. The molecular weight excluding hydrogens is 406 g/mol. The summed E-state index contributed by atoms with van der Waals surface area (Å²) in [6, 6.07) is 22.4. The second-order valence-electron chi connectivity index (χ2n) is 6.36. The number of benzene rings is 3. The molecule has 8 heteroatoms. The van der Waals surface area contributed by atoms with Gasteiger partial charge in [0.25, 0.3) is 0 Å². The van der Waals surface area contributed by atoms with E-state index in [1.54, 1.807) is 30.3 Å². The van der Waals surface area contributed by atoms with Gasteiger partial charge < -0.3 is 14.6 Å². The molecule has 0 spiro atoms. The molecule has 156 valence electrons. The van der Waals surface area contributed by atoms with Crippen LogP contribution in [0.2, 0.25) is 0 Å². The first-order chi connectivity index (χ1) is 14.5. The smallest absolute Gasteiger partial charge is 0.429 e. The average molecular weight is 427 g/mol. The van der Waals surface area contributed by atoms with Crippen molar-refractivity contribution in [1.29, 1.82) is 0 Å². The number of rotatable bonds is 8. The number of carbonyl (C=O) groups excluding carboxylic acids is 1. The lowest BCUT2D eigenvalue weighted by Gasteiger charge is -2.17. The summed E-state index contributed by atoms with van der Waals surface area (Å²) in [4.78, 5) is 11.9. The Morgan fingerprint density at radius 3 is 2.10 bits per heavy atom. The average Bonchev–Trinajstić information content (AvgIpc) is 2.78. The van der Waals surface area contributed by atoms with Gasteiger partial charge in [-0.2, -0.15) is 0 Å². The van der Waals surface area contributed by atoms with Crippen LogP contribution in [0, 0.1) is 0 Å². The van der Waals surface area contributed by atoms with Crippen molar-refractivity contribution in [1.82, 2.24) is 4.72 Å². The Kier molecular flexibility index (Phi) is 7.18. The van der Waals surface area contributed by atoms with E-state index in [0.717, 1.165) is 5.56 Å². The molecule has 7 nitrogen and oxygen atoms in total. The molecule has 0 aliphatic carbocycles. The maximum atomic E-state index is 12.5. The molecule has 1 atom stereocenters. The van der Waals surface area contributed by atoms with E-state index >= 15 is 0 Å². The Morgan fingerprint density at radius 1 is 0.900 bits per heavy atom. The van der Waals surface area contributed by atoms with Crippen molar-refractivity contribution in [3.8, 4) is 5.75 Å². The van der Waals surface area contributed by atoms with Crippen LogP contribution in [0.5, 0.6) is 5.75 Å². The molecule has 0 aliphatic heterocycles. The fourth-order valence-electron chi connectivity index (χ4n) is 2.68. The lowest BCUT2D eigenvalue weighted by molar-refractivity contribution is 0.0927. The number of sulfonamides is 1. The summed E-state index contributed by atoms with van der Waals surface area (Å²) >= 11 is 0. The zero-order valence-corrected chi connectivity index (χ0v) is 16.8. The molecule has 0 bridgehead atoms. The van der Waals surface area contributed by atoms with Crippen molar-refractivity contribution >= 4 is 16.2 Å². The van der Waals surface area contributed by atoms with Gasteiger partial charge in [0.2, 0.25) is 10.0 Å². The molecule has 3 rings (SSSR count). The molecular formula is C22H21NO6S. The number of ether oxygens (including phenoxy) is 2. The molecule has 2 N–H and O–H groups in total. The van der Waals surface area contributed by atoms with Gasteiger partial charge in [0.1, 0.15) is 12.4 Å². The van der Waals surface area contributed by atoms with Gasteiger partial charge in [-0.05, 0) is 35.4 Å². The topological polar surface area (TPSA) is 102 Å². The van der Waals surface area contributed by atoms with Crippen molar-refractivity contribution in [3.63, 3.8) is 0 Å². The maximum Gasteiger partial charge on any atom is 0.514 e. The van der Waals surface area contributed by atoms with E-state index < -0.39 is 28.8 Å². The number of aliphatic hydroxyl groups is 1. The van der Waals surface area contributed by atoms with Crippen molar-refractivity contribution in [2.45, 2.75) is 17.5 Å². The number of aliphatic hydroxyl groups excluding tert-OH is 1. The van der Waals surface area contributed by atoms with Crippen LogP contribution in [-0.2, 0) is 21.4 Å². The maximum absolute atomic E-state index is 12.5. The highest BCUT2D eigenvalue weighted by atomic mass is 32.2. The second kappa shape index (κ2) is 10.0. The van der Waals surface area contributed by atoms with Gasteiger partial charge in [-0.15, -0.1) is 0 Å². The van der Waals surface area contributed by atoms with E-state index in [1.807, 2.05) is 30.3 Å². The van der Waals surface area contributed by atoms with Crippen LogP contribution in [0.1, 0.15) is 17.2 Å². The van der Waals surface area contributed by atoms with E-state index in [-0.39, 0.29) is 17.3 Å². The van der Waals surface area contributed by atoms with Crippen molar-refractivity contribution < 1.29 is 27.8 Å². The number of nitrogens with one attached hydrogen (secondary N) is 1. The van der Waals surface area contributed by atoms with E-state index in [9.17, 15) is 18.3 Å². The fraction of sp³-hybridized carbons (Fsp3) is 0.136. The number of hydrogen-bond acceptors (Lipinski definition) is 6. The first-order valence-corrected chi connectivity index (χ1v) is 10.6. The van der Waals surface area contributed by atoms with Gasteiger partial charge in [-0.25, -0.2) is 17.9 Å². The van der Waals surface area contributed by atoms with Crippen LogP contribution in [0.25, 0.3) is 0 Å². The largest absolute Gasteiger partial charge is 0.514 e. The minimum absolute atomic E-state index is 0.0889. The van der Waals surface area contributed by atoms with E-state index in [4.69, 9.17) is 9.47 Å². The van der Waals surface area contributed by atoms with E-state index in [0.29, 0.717) is 5.56 Å². The molecule has 0 fully saturated rings. The predicted molar refractivity (Wildman–Crippen MR) is 110 cm³/mol. The molecule has 0 heterocycles. The summed E-state index contributed by atoms with van der Waals surface area (Å²) in [6.45, 7) is -0.350. The molecule has 30 heavy (non-hydrogen) atoms. The Bertz CT molecular complexity index is 1050. The van der Waals surface area contributed by atoms with Crippen LogP contribution < -0.4 is 9.46 Å². The van der Waals surface area contributed by atoms with Crippen molar-refractivity contribution in [2.75, 3.05) is 6.61 Å². The van der Waals surface area contributed by atoms with Crippen molar-refractivity contribution in [3.05, 3.63) is 96.1 Å². The Morgan fingerprint density at radius 2 is 1.50 bits per heavy atom. The van der Waals surface area contributed by atoms with Gasteiger partial charge in [0.15, 0.2) is 0 Å². The number of carbonyl (C=O) groups is 1. The summed E-state index contributed by atoms with van der Waals surface area (Å²) < 4.78 is 37.6. The van der Waals surface area contributed by atoms with Gasteiger partial charge in [0.05, 0.1) is 17.5 Å². The lowest BCUT2D eigenvalue weighted by atomic mass is 10.1. The highest BCUT2D eigenvalue weighted by Gasteiger charge is 2.21. The van der Waals surface area contributed by atoms with E-state index in [1.165, 1.54) is 24.3 Å². The summed E-state index contributed by atoms with van der Waals surface area (Å²) in [7, 11) is -3.80. The van der Waals surface area contributed by atoms with Gasteiger partial charge in [0, 0.05) is 0 Å². The van der Waals surface area contributed by atoms with E-state index in [2.05, 4.69) is 4.72 Å². The minimum Gasteiger partial charge on any atom is -0.429 e. The SMILES string of the molecule is O=C(OCc1ccccc1)Oc1ccc(C(CO)NS(=O)(=O)c2ccccc2)cc1. The molecule has 3 aromatic rings. The Labute approximate surface area is 174 Å². The normalized spacial score (nSPS) is 12.2. The van der Waals surface area contributed by atoms with Crippen LogP contribution in [-0.4, -0.2) is 26.3 Å². The molecule has 0 saturated carbocycles.